The zero-order chi connectivity index (χ0) is 11.0. The Labute approximate surface area is 91.3 Å². The van der Waals surface area contributed by atoms with Crippen molar-refractivity contribution >= 4 is 21.6 Å². The minimum Gasteiger partial charge on any atom is -0.313 e. The van der Waals surface area contributed by atoms with Crippen LogP contribution >= 0.6 is 11.8 Å². The molecule has 0 aromatic rings. The topological polar surface area (TPSA) is 46.2 Å². The van der Waals surface area contributed by atoms with Gasteiger partial charge in [0.1, 0.15) is 9.84 Å². The van der Waals surface area contributed by atoms with Gasteiger partial charge in [-0.25, -0.2) is 8.42 Å². The van der Waals surface area contributed by atoms with Gasteiger partial charge in [0, 0.05) is 24.3 Å². The SMILES string of the molecule is C=C(CNCC)CSCCS(C)(=O)=O. The number of thioether (sulfide) groups is 1. The van der Waals surface area contributed by atoms with Gasteiger partial charge in [-0.2, -0.15) is 11.8 Å². The van der Waals surface area contributed by atoms with Crippen molar-refractivity contribution in [3.05, 3.63) is 12.2 Å². The maximum absolute atomic E-state index is 10.8. The Bertz CT molecular complexity index is 260. The third kappa shape index (κ3) is 10.1. The van der Waals surface area contributed by atoms with E-state index in [-0.39, 0.29) is 5.75 Å². The molecular formula is C9H19NO2S2. The van der Waals surface area contributed by atoms with E-state index < -0.39 is 9.84 Å². The molecule has 0 saturated carbocycles. The Morgan fingerprint density at radius 2 is 2.14 bits per heavy atom. The molecule has 0 heterocycles. The standard InChI is InChI=1S/C9H19NO2S2/c1-4-10-7-9(2)8-13-5-6-14(3,11)12/h10H,2,4-8H2,1,3H3. The number of sulfone groups is 1. The minimum atomic E-state index is -2.81. The number of hydrogen-bond donors (Lipinski definition) is 1. The molecule has 0 atom stereocenters. The lowest BCUT2D eigenvalue weighted by Crippen LogP contribution is -2.16. The predicted molar refractivity (Wildman–Crippen MR) is 64.7 cm³/mol. The number of hydrogen-bond acceptors (Lipinski definition) is 4. The summed E-state index contributed by atoms with van der Waals surface area (Å²) in [5.74, 6) is 1.75. The van der Waals surface area contributed by atoms with Crippen molar-refractivity contribution in [2.75, 3.05) is 36.6 Å². The molecule has 0 bridgehead atoms. The molecule has 0 rings (SSSR count). The third-order valence-electron chi connectivity index (χ3n) is 1.53. The maximum atomic E-state index is 10.8. The first-order valence-corrected chi connectivity index (χ1v) is 7.80. The van der Waals surface area contributed by atoms with Gasteiger partial charge in [0.05, 0.1) is 5.75 Å². The van der Waals surface area contributed by atoms with E-state index in [1.807, 2.05) is 6.92 Å². The van der Waals surface area contributed by atoms with Gasteiger partial charge in [-0.3, -0.25) is 0 Å². The van der Waals surface area contributed by atoms with Crippen LogP contribution in [0.1, 0.15) is 6.92 Å². The largest absolute Gasteiger partial charge is 0.313 e. The second-order valence-corrected chi connectivity index (χ2v) is 6.58. The summed E-state index contributed by atoms with van der Waals surface area (Å²) in [4.78, 5) is 0. The van der Waals surface area contributed by atoms with Crippen LogP contribution in [0.4, 0.5) is 0 Å². The molecule has 3 nitrogen and oxygen atoms in total. The quantitative estimate of drug-likeness (QED) is 0.504. The molecule has 0 unspecified atom stereocenters. The van der Waals surface area contributed by atoms with Crippen LogP contribution in [0.15, 0.2) is 12.2 Å². The highest BCUT2D eigenvalue weighted by Gasteiger charge is 2.01. The Hall–Kier alpha value is -0.0000000000000000555. The lowest BCUT2D eigenvalue weighted by Gasteiger charge is -2.05. The summed E-state index contributed by atoms with van der Waals surface area (Å²) < 4.78 is 21.6. The first-order chi connectivity index (χ1) is 6.45. The van der Waals surface area contributed by atoms with Crippen molar-refractivity contribution in [3.63, 3.8) is 0 Å². The summed E-state index contributed by atoms with van der Waals surface area (Å²) in [5.41, 5.74) is 1.12. The Morgan fingerprint density at radius 3 is 2.64 bits per heavy atom. The Balaban J connectivity index is 3.41. The van der Waals surface area contributed by atoms with E-state index in [1.54, 1.807) is 11.8 Å². The lowest BCUT2D eigenvalue weighted by atomic mass is 10.3. The van der Waals surface area contributed by atoms with Crippen LogP contribution in [-0.2, 0) is 9.84 Å². The highest BCUT2D eigenvalue weighted by Crippen LogP contribution is 2.06. The monoisotopic (exact) mass is 237 g/mol. The van der Waals surface area contributed by atoms with E-state index in [0.717, 1.165) is 24.4 Å². The van der Waals surface area contributed by atoms with Crippen molar-refractivity contribution in [1.29, 1.82) is 0 Å². The first-order valence-electron chi connectivity index (χ1n) is 4.58. The van der Waals surface area contributed by atoms with Gasteiger partial charge < -0.3 is 5.32 Å². The van der Waals surface area contributed by atoms with Crippen LogP contribution in [-0.4, -0.2) is 45.0 Å². The van der Waals surface area contributed by atoms with Crippen LogP contribution in [0.2, 0.25) is 0 Å². The summed E-state index contributed by atoms with van der Waals surface area (Å²) in [6, 6.07) is 0. The molecule has 0 aliphatic heterocycles. The van der Waals surface area contributed by atoms with Gasteiger partial charge in [0.2, 0.25) is 0 Å². The predicted octanol–water partition coefficient (Wildman–Crippen LogP) is 0.930. The van der Waals surface area contributed by atoms with Gasteiger partial charge in [-0.15, -0.1) is 0 Å². The van der Waals surface area contributed by atoms with Gasteiger partial charge in [0.25, 0.3) is 0 Å². The zero-order valence-electron chi connectivity index (χ0n) is 8.88. The van der Waals surface area contributed by atoms with Gasteiger partial charge in [0.15, 0.2) is 0 Å². The van der Waals surface area contributed by atoms with Crippen molar-refractivity contribution in [2.45, 2.75) is 6.92 Å². The number of rotatable bonds is 8. The van der Waals surface area contributed by atoms with E-state index in [4.69, 9.17) is 0 Å². The Kier molecular flexibility index (Phi) is 7.31. The third-order valence-corrected chi connectivity index (χ3v) is 3.84. The fraction of sp³-hybridized carbons (Fsp3) is 0.778. The summed E-state index contributed by atoms with van der Waals surface area (Å²) in [6.07, 6.45) is 1.26. The lowest BCUT2D eigenvalue weighted by molar-refractivity contribution is 0.603. The Morgan fingerprint density at radius 1 is 1.50 bits per heavy atom. The minimum absolute atomic E-state index is 0.256. The second kappa shape index (κ2) is 7.31. The summed E-state index contributed by atoms with van der Waals surface area (Å²) in [6.45, 7) is 7.70. The molecular weight excluding hydrogens is 218 g/mol. The molecule has 0 radical (unpaired) electrons. The van der Waals surface area contributed by atoms with Gasteiger partial charge in [-0.1, -0.05) is 19.1 Å². The van der Waals surface area contributed by atoms with Crippen molar-refractivity contribution < 1.29 is 8.42 Å². The van der Waals surface area contributed by atoms with Crippen molar-refractivity contribution in [1.82, 2.24) is 5.32 Å². The van der Waals surface area contributed by atoms with Gasteiger partial charge in [-0.05, 0) is 6.54 Å². The average molecular weight is 237 g/mol. The molecule has 14 heavy (non-hydrogen) atoms. The first kappa shape index (κ1) is 14.0. The summed E-state index contributed by atoms with van der Waals surface area (Å²) >= 11 is 1.62. The van der Waals surface area contributed by atoms with E-state index in [2.05, 4.69) is 11.9 Å². The molecule has 0 aromatic heterocycles. The van der Waals surface area contributed by atoms with Gasteiger partial charge >= 0.3 is 0 Å². The van der Waals surface area contributed by atoms with Crippen LogP contribution in [0.3, 0.4) is 0 Å². The summed E-state index contributed by atoms with van der Waals surface area (Å²) in [5, 5.41) is 3.17. The molecule has 0 fully saturated rings. The maximum Gasteiger partial charge on any atom is 0.148 e. The number of nitrogens with one attached hydrogen (secondary N) is 1. The molecule has 0 spiro atoms. The second-order valence-electron chi connectivity index (χ2n) is 3.21. The van der Waals surface area contributed by atoms with E-state index in [9.17, 15) is 8.42 Å². The van der Waals surface area contributed by atoms with Crippen LogP contribution in [0, 0.1) is 0 Å². The molecule has 0 amide bonds. The van der Waals surface area contributed by atoms with Crippen molar-refractivity contribution in [3.8, 4) is 0 Å². The van der Waals surface area contributed by atoms with E-state index in [0.29, 0.717) is 5.75 Å². The highest BCUT2D eigenvalue weighted by molar-refractivity contribution is 8.00. The fourth-order valence-corrected chi connectivity index (χ4v) is 3.00. The number of likely N-dealkylation sites (N-methyl/N-ethyl adjacent to an activating group) is 1. The molecule has 0 aromatic carbocycles. The summed E-state index contributed by atoms with van der Waals surface area (Å²) in [7, 11) is -2.81. The molecule has 0 aliphatic rings. The normalized spacial score (nSPS) is 11.6. The molecule has 0 saturated heterocycles. The fourth-order valence-electron chi connectivity index (χ4n) is 0.780. The molecule has 1 N–H and O–H groups in total. The molecule has 0 aliphatic carbocycles. The smallest absolute Gasteiger partial charge is 0.148 e. The van der Waals surface area contributed by atoms with Crippen LogP contribution in [0.25, 0.3) is 0 Å². The average Bonchev–Trinajstić information content (AvgIpc) is 2.07. The van der Waals surface area contributed by atoms with Crippen molar-refractivity contribution in [2.24, 2.45) is 0 Å². The molecule has 5 heteroatoms. The highest BCUT2D eigenvalue weighted by atomic mass is 32.2. The van der Waals surface area contributed by atoms with E-state index in [1.165, 1.54) is 6.26 Å². The van der Waals surface area contributed by atoms with Crippen LogP contribution in [0.5, 0.6) is 0 Å². The zero-order valence-corrected chi connectivity index (χ0v) is 10.5. The molecule has 84 valence electrons. The van der Waals surface area contributed by atoms with E-state index >= 15 is 0 Å². The van der Waals surface area contributed by atoms with Crippen LogP contribution < -0.4 is 5.32 Å².